The molecule has 0 aromatic heterocycles. The second kappa shape index (κ2) is 8.25. The summed E-state index contributed by atoms with van der Waals surface area (Å²) in [4.78, 5) is 17.9. The summed E-state index contributed by atoms with van der Waals surface area (Å²) in [6, 6.07) is 4.22. The molecule has 1 aromatic rings. The monoisotopic (exact) mass is 370 g/mol. The van der Waals surface area contributed by atoms with E-state index in [1.165, 1.54) is 18.2 Å². The van der Waals surface area contributed by atoms with Crippen LogP contribution in [0.1, 0.15) is 32.3 Å². The Kier molecular flexibility index (Phi) is 6.28. The number of esters is 1. The van der Waals surface area contributed by atoms with Gasteiger partial charge in [-0.25, -0.2) is 9.79 Å². The number of halogens is 3. The summed E-state index contributed by atoms with van der Waals surface area (Å²) in [5, 5.41) is 0. The van der Waals surface area contributed by atoms with Crippen molar-refractivity contribution in [2.45, 2.75) is 40.0 Å². The number of hydrogen-bond donors (Lipinski definition) is 0. The van der Waals surface area contributed by atoms with Crippen molar-refractivity contribution in [2.75, 3.05) is 18.1 Å². The van der Waals surface area contributed by atoms with Crippen molar-refractivity contribution in [3.05, 3.63) is 35.5 Å². The van der Waals surface area contributed by atoms with E-state index in [0.717, 1.165) is 17.9 Å². The van der Waals surface area contributed by atoms with Gasteiger partial charge in [0, 0.05) is 30.4 Å². The Balaban J connectivity index is 2.22. The lowest BCUT2D eigenvalue weighted by atomic mass is 10.1. The van der Waals surface area contributed by atoms with E-state index in [-0.39, 0.29) is 12.4 Å². The molecule has 0 spiro atoms. The molecule has 0 atom stereocenters. The zero-order chi connectivity index (χ0) is 19.3. The van der Waals surface area contributed by atoms with Crippen LogP contribution < -0.4 is 9.64 Å². The Labute approximate surface area is 150 Å². The minimum absolute atomic E-state index is 0.255. The van der Waals surface area contributed by atoms with Crippen molar-refractivity contribution in [3.63, 3.8) is 0 Å². The second-order valence-corrected chi connectivity index (χ2v) is 5.82. The molecule has 0 saturated carbocycles. The van der Waals surface area contributed by atoms with Crippen molar-refractivity contribution in [1.29, 1.82) is 0 Å². The number of hydrogen-bond acceptors (Lipinski definition) is 4. The molecule has 0 aliphatic carbocycles. The first kappa shape index (κ1) is 19.8. The van der Waals surface area contributed by atoms with Crippen molar-refractivity contribution in [1.82, 2.24) is 0 Å². The fourth-order valence-corrected chi connectivity index (χ4v) is 2.75. The first-order chi connectivity index (χ1) is 12.2. The zero-order valence-electron chi connectivity index (χ0n) is 14.9. The number of nitrogens with zero attached hydrogens (tertiary/aromatic N) is 2. The summed E-state index contributed by atoms with van der Waals surface area (Å²) in [5.41, 5.74) is 1.92. The van der Waals surface area contributed by atoms with E-state index in [2.05, 4.69) is 9.73 Å². The lowest BCUT2D eigenvalue weighted by molar-refractivity contribution is -0.274. The van der Waals surface area contributed by atoms with Crippen LogP contribution in [-0.4, -0.2) is 31.3 Å². The first-order valence-corrected chi connectivity index (χ1v) is 8.26. The van der Waals surface area contributed by atoms with Crippen LogP contribution >= 0.6 is 0 Å². The van der Waals surface area contributed by atoms with Crippen molar-refractivity contribution < 1.29 is 27.4 Å². The number of aliphatic imine (C=N–C) groups is 1. The normalized spacial score (nSPS) is 16.9. The molecule has 2 rings (SSSR count). The Bertz CT molecular complexity index is 727. The van der Waals surface area contributed by atoms with E-state index in [1.54, 1.807) is 26.8 Å². The van der Waals surface area contributed by atoms with E-state index >= 15 is 0 Å². The molecule has 8 heteroatoms. The minimum Gasteiger partial charge on any atom is -0.463 e. The lowest BCUT2D eigenvalue weighted by Gasteiger charge is -2.22. The van der Waals surface area contributed by atoms with Gasteiger partial charge >= 0.3 is 12.3 Å². The molecule has 0 amide bonds. The van der Waals surface area contributed by atoms with Gasteiger partial charge in [-0.05, 0) is 51.0 Å². The quantitative estimate of drug-likeness (QED) is 0.571. The third-order valence-electron chi connectivity index (χ3n) is 3.71. The van der Waals surface area contributed by atoms with Crippen molar-refractivity contribution >= 4 is 17.5 Å². The van der Waals surface area contributed by atoms with Gasteiger partial charge in [-0.1, -0.05) is 0 Å². The highest BCUT2D eigenvalue weighted by atomic mass is 19.4. The Morgan fingerprint density at radius 1 is 1.38 bits per heavy atom. The molecule has 0 radical (unpaired) electrons. The second-order valence-electron chi connectivity index (χ2n) is 5.82. The fourth-order valence-electron chi connectivity index (χ4n) is 2.75. The number of allylic oxidation sites excluding steroid dienone is 1. The van der Waals surface area contributed by atoms with Gasteiger partial charge in [0.2, 0.25) is 0 Å². The first-order valence-electron chi connectivity index (χ1n) is 8.26. The summed E-state index contributed by atoms with van der Waals surface area (Å²) < 4.78 is 45.8. The molecule has 1 fully saturated rings. The molecule has 5 nitrogen and oxygen atoms in total. The maximum Gasteiger partial charge on any atom is 0.573 e. The summed E-state index contributed by atoms with van der Waals surface area (Å²) in [6.07, 6.45) is -1.82. The smallest absolute Gasteiger partial charge is 0.463 e. The lowest BCUT2D eigenvalue weighted by Crippen LogP contribution is -2.25. The molecular formula is C18H21F3N2O3. The predicted octanol–water partition coefficient (Wildman–Crippen LogP) is 4.36. The molecule has 1 heterocycles. The molecule has 0 bridgehead atoms. The van der Waals surface area contributed by atoms with Gasteiger partial charge in [-0.15, -0.1) is 13.2 Å². The Hall–Kier alpha value is -2.51. The average molecular weight is 370 g/mol. The van der Waals surface area contributed by atoms with Crippen LogP contribution in [0.2, 0.25) is 0 Å². The van der Waals surface area contributed by atoms with Crippen LogP contribution in [0.15, 0.2) is 35.0 Å². The topological polar surface area (TPSA) is 51.1 Å². The molecule has 0 unspecified atom stereocenters. The number of aryl methyl sites for hydroxylation is 1. The molecule has 1 saturated heterocycles. The van der Waals surface area contributed by atoms with E-state index < -0.39 is 12.3 Å². The number of carbonyl (C=O) groups excluding carboxylic acids is 1. The number of alkyl halides is 3. The molecule has 26 heavy (non-hydrogen) atoms. The Morgan fingerprint density at radius 2 is 2.12 bits per heavy atom. The summed E-state index contributed by atoms with van der Waals surface area (Å²) in [6.45, 7) is 6.13. The van der Waals surface area contributed by atoms with Crippen LogP contribution in [0, 0.1) is 6.92 Å². The molecule has 142 valence electrons. The van der Waals surface area contributed by atoms with E-state index in [1.807, 2.05) is 4.90 Å². The third-order valence-corrected chi connectivity index (χ3v) is 3.71. The van der Waals surface area contributed by atoms with Gasteiger partial charge in [0.1, 0.15) is 11.6 Å². The predicted molar refractivity (Wildman–Crippen MR) is 92.3 cm³/mol. The minimum atomic E-state index is -4.72. The standard InChI is InChI=1S/C18H21F3N2O3/c1-4-25-17(24)11-13(3)22-16-6-5-9-23(16)15-8-7-14(10-12(15)2)26-18(19,20)21/h7-8,10-11H,4-6,9H2,1-3H3/b13-11+,22-16?. The number of benzene rings is 1. The van der Waals surface area contributed by atoms with Gasteiger partial charge in [0.15, 0.2) is 0 Å². The van der Waals surface area contributed by atoms with Crippen LogP contribution in [0.25, 0.3) is 0 Å². The Morgan fingerprint density at radius 3 is 2.73 bits per heavy atom. The highest BCUT2D eigenvalue weighted by Gasteiger charge is 2.31. The molecular weight excluding hydrogens is 349 g/mol. The summed E-state index contributed by atoms with van der Waals surface area (Å²) >= 11 is 0. The number of anilines is 1. The van der Waals surface area contributed by atoms with Crippen molar-refractivity contribution in [2.24, 2.45) is 4.99 Å². The maximum atomic E-state index is 12.3. The fraction of sp³-hybridized carbons (Fsp3) is 0.444. The van der Waals surface area contributed by atoms with Gasteiger partial charge < -0.3 is 14.4 Å². The number of carbonyl (C=O) groups is 1. The largest absolute Gasteiger partial charge is 0.573 e. The number of ether oxygens (including phenoxy) is 2. The van der Waals surface area contributed by atoms with Crippen LogP contribution in [0.3, 0.4) is 0 Å². The average Bonchev–Trinajstić information content (AvgIpc) is 2.93. The number of amidine groups is 1. The SMILES string of the molecule is CCOC(=O)/C=C(\C)N=C1CCCN1c1ccc(OC(F)(F)F)cc1C. The highest BCUT2D eigenvalue weighted by molar-refractivity contribution is 6.01. The van der Waals surface area contributed by atoms with Crippen LogP contribution in [0.5, 0.6) is 5.75 Å². The van der Waals surface area contributed by atoms with Crippen LogP contribution in [0.4, 0.5) is 18.9 Å². The zero-order valence-corrected chi connectivity index (χ0v) is 14.9. The summed E-state index contributed by atoms with van der Waals surface area (Å²) in [7, 11) is 0. The van der Waals surface area contributed by atoms with Crippen molar-refractivity contribution in [3.8, 4) is 5.75 Å². The number of rotatable bonds is 5. The van der Waals surface area contributed by atoms with Gasteiger partial charge in [-0.2, -0.15) is 0 Å². The summed E-state index contributed by atoms with van der Waals surface area (Å²) in [5.74, 6) is 0.0502. The third kappa shape index (κ3) is 5.50. The van der Waals surface area contributed by atoms with Gasteiger partial charge in [-0.3, -0.25) is 0 Å². The van der Waals surface area contributed by atoms with E-state index in [4.69, 9.17) is 4.74 Å². The maximum absolute atomic E-state index is 12.3. The molecule has 1 aliphatic rings. The molecule has 0 N–H and O–H groups in total. The molecule has 1 aromatic carbocycles. The molecule has 1 aliphatic heterocycles. The van der Waals surface area contributed by atoms with Gasteiger partial charge in [0.05, 0.1) is 6.61 Å². The van der Waals surface area contributed by atoms with E-state index in [9.17, 15) is 18.0 Å². The van der Waals surface area contributed by atoms with Crippen LogP contribution in [-0.2, 0) is 9.53 Å². The highest BCUT2D eigenvalue weighted by Crippen LogP contribution is 2.31. The van der Waals surface area contributed by atoms with E-state index in [0.29, 0.717) is 24.2 Å². The van der Waals surface area contributed by atoms with Gasteiger partial charge in [0.25, 0.3) is 0 Å².